The monoisotopic (exact) mass is 198 g/mol. The Balaban J connectivity index is 2.65. The van der Waals surface area contributed by atoms with Crippen LogP contribution in [0.15, 0.2) is 0 Å². The molecule has 80 valence electrons. The Hall–Kier alpha value is -0.410. The molecule has 0 unspecified atom stereocenters. The molecule has 0 amide bonds. The molecule has 0 radical (unpaired) electrons. The van der Waals surface area contributed by atoms with Crippen LogP contribution in [0.25, 0.3) is 0 Å². The molecule has 2 aliphatic rings. The zero-order valence-corrected chi connectivity index (χ0v) is 9.42. The van der Waals surface area contributed by atoms with Crippen LogP contribution in [-0.4, -0.2) is 28.2 Å². The van der Waals surface area contributed by atoms with Crippen molar-refractivity contribution in [1.29, 1.82) is 0 Å². The van der Waals surface area contributed by atoms with Crippen LogP contribution in [0.4, 0.5) is 0 Å². The average molecular weight is 198 g/mol. The summed E-state index contributed by atoms with van der Waals surface area (Å²) in [5, 5.41) is 10.5. The Morgan fingerprint density at radius 3 is 2.07 bits per heavy atom. The highest BCUT2D eigenvalue weighted by Crippen LogP contribution is 2.63. The van der Waals surface area contributed by atoms with E-state index >= 15 is 0 Å². The lowest BCUT2D eigenvalue weighted by molar-refractivity contribution is -0.158. The molecule has 0 aromatic heterocycles. The predicted octanol–water partition coefficient (Wildman–Crippen LogP) is 1.14. The van der Waals surface area contributed by atoms with Gasteiger partial charge in [-0.05, 0) is 20.8 Å². The number of hydrogen-bond donors (Lipinski definition) is 1. The molecule has 3 nitrogen and oxygen atoms in total. The molecular weight excluding hydrogens is 180 g/mol. The van der Waals surface area contributed by atoms with Gasteiger partial charge >= 0.3 is 0 Å². The second kappa shape index (κ2) is 2.22. The van der Waals surface area contributed by atoms with Gasteiger partial charge in [-0.1, -0.05) is 13.8 Å². The Kier molecular flexibility index (Phi) is 1.61. The van der Waals surface area contributed by atoms with E-state index in [4.69, 9.17) is 4.74 Å². The summed E-state index contributed by atoms with van der Waals surface area (Å²) in [6.07, 6.45) is -0.0739. The zero-order chi connectivity index (χ0) is 10.9. The number of ketones is 1. The molecule has 2 rings (SSSR count). The van der Waals surface area contributed by atoms with Crippen molar-refractivity contribution >= 4 is 5.78 Å². The minimum absolute atomic E-state index is 0.0306. The van der Waals surface area contributed by atoms with Crippen LogP contribution in [0.5, 0.6) is 0 Å². The van der Waals surface area contributed by atoms with Gasteiger partial charge < -0.3 is 9.84 Å². The third kappa shape index (κ3) is 0.654. The fourth-order valence-corrected chi connectivity index (χ4v) is 3.26. The first-order valence-corrected chi connectivity index (χ1v) is 5.14. The lowest BCUT2D eigenvalue weighted by Gasteiger charge is -2.37. The Bertz CT molecular complexity index is 310. The molecule has 1 N–H and O–H groups in total. The third-order valence-electron chi connectivity index (χ3n) is 5.00. The van der Waals surface area contributed by atoms with Crippen LogP contribution >= 0.6 is 0 Å². The van der Waals surface area contributed by atoms with E-state index in [1.807, 2.05) is 20.8 Å². The molecule has 3 heteroatoms. The van der Waals surface area contributed by atoms with E-state index in [1.54, 1.807) is 13.8 Å². The van der Waals surface area contributed by atoms with E-state index in [2.05, 4.69) is 0 Å². The minimum Gasteiger partial charge on any atom is -0.386 e. The summed E-state index contributed by atoms with van der Waals surface area (Å²) in [4.78, 5) is 12.0. The molecule has 1 heterocycles. The first-order valence-electron chi connectivity index (χ1n) is 5.14. The summed E-state index contributed by atoms with van der Waals surface area (Å²) in [7, 11) is 0. The van der Waals surface area contributed by atoms with Crippen LogP contribution in [-0.2, 0) is 9.53 Å². The standard InChI is InChI=1S/C11H18O3/c1-6-8(12)10(4)11(5,13)9(6,3)7(2)14-10/h6-7,13H,1-5H3/t6-,7+,9+,10+,11+/m1/s1. The van der Waals surface area contributed by atoms with E-state index in [-0.39, 0.29) is 17.8 Å². The van der Waals surface area contributed by atoms with Gasteiger partial charge in [0, 0.05) is 11.3 Å². The molecule has 1 saturated carbocycles. The van der Waals surface area contributed by atoms with E-state index < -0.39 is 16.6 Å². The quantitative estimate of drug-likeness (QED) is 0.635. The maximum absolute atomic E-state index is 12.0. The Morgan fingerprint density at radius 2 is 1.79 bits per heavy atom. The van der Waals surface area contributed by atoms with Crippen molar-refractivity contribution in [1.82, 2.24) is 0 Å². The van der Waals surface area contributed by atoms with Gasteiger partial charge in [-0.25, -0.2) is 0 Å². The van der Waals surface area contributed by atoms with E-state index in [1.165, 1.54) is 0 Å². The average Bonchev–Trinajstić information content (AvgIpc) is 2.27. The summed E-state index contributed by atoms with van der Waals surface area (Å²) in [6, 6.07) is 0. The maximum atomic E-state index is 12.0. The fourth-order valence-electron chi connectivity index (χ4n) is 3.26. The van der Waals surface area contributed by atoms with Gasteiger partial charge in [0.25, 0.3) is 0 Å². The number of aliphatic hydroxyl groups is 1. The van der Waals surface area contributed by atoms with Crippen LogP contribution in [0, 0.1) is 11.3 Å². The molecule has 14 heavy (non-hydrogen) atoms. The van der Waals surface area contributed by atoms with Crippen molar-refractivity contribution in [3.05, 3.63) is 0 Å². The van der Waals surface area contributed by atoms with Gasteiger partial charge in [0.05, 0.1) is 6.10 Å². The lowest BCUT2D eigenvalue weighted by atomic mass is 9.69. The smallest absolute Gasteiger partial charge is 0.170 e. The number of Topliss-reactive ketones (excluding diaryl/α,β-unsaturated/α-hetero) is 1. The summed E-state index contributed by atoms with van der Waals surface area (Å²) in [5.41, 5.74) is -2.53. The van der Waals surface area contributed by atoms with Gasteiger partial charge in [0.15, 0.2) is 11.4 Å². The number of fused-ring (bicyclic) bond motifs is 2. The number of rotatable bonds is 0. The van der Waals surface area contributed by atoms with Crippen LogP contribution in [0.3, 0.4) is 0 Å². The Labute approximate surface area is 84.4 Å². The fraction of sp³-hybridized carbons (Fsp3) is 0.909. The maximum Gasteiger partial charge on any atom is 0.170 e. The number of carbonyl (C=O) groups excluding carboxylic acids is 1. The van der Waals surface area contributed by atoms with Crippen LogP contribution in [0.1, 0.15) is 34.6 Å². The van der Waals surface area contributed by atoms with Crippen molar-refractivity contribution in [2.45, 2.75) is 51.9 Å². The predicted molar refractivity (Wildman–Crippen MR) is 51.9 cm³/mol. The summed E-state index contributed by atoms with van der Waals surface area (Å²) in [6.45, 7) is 9.20. The molecule has 2 bridgehead atoms. The number of ether oxygens (including phenoxy) is 1. The zero-order valence-electron chi connectivity index (χ0n) is 9.42. The summed E-state index contributed by atoms with van der Waals surface area (Å²) in [5.74, 6) is -0.102. The van der Waals surface area contributed by atoms with Crippen molar-refractivity contribution in [2.75, 3.05) is 0 Å². The first-order chi connectivity index (χ1) is 6.19. The van der Waals surface area contributed by atoms with Gasteiger partial charge in [-0.2, -0.15) is 0 Å². The van der Waals surface area contributed by atoms with E-state index in [0.717, 1.165) is 0 Å². The normalized spacial score (nSPS) is 62.3. The molecule has 0 aromatic rings. The van der Waals surface area contributed by atoms with Crippen LogP contribution < -0.4 is 0 Å². The van der Waals surface area contributed by atoms with Gasteiger partial charge in [0.2, 0.25) is 0 Å². The van der Waals surface area contributed by atoms with Crippen molar-refractivity contribution < 1.29 is 14.6 Å². The first kappa shape index (κ1) is 10.1. The third-order valence-corrected chi connectivity index (χ3v) is 5.00. The van der Waals surface area contributed by atoms with Gasteiger partial charge in [0.1, 0.15) is 5.60 Å². The molecule has 1 saturated heterocycles. The number of carbonyl (C=O) groups is 1. The molecule has 5 atom stereocenters. The SMILES string of the molecule is C[C@@H]1O[C@@]2(C)C(=O)[C@@H](C)[C@]1(C)[C@]2(C)O. The highest BCUT2D eigenvalue weighted by molar-refractivity contribution is 5.95. The molecule has 2 fully saturated rings. The largest absolute Gasteiger partial charge is 0.386 e. The highest BCUT2D eigenvalue weighted by atomic mass is 16.5. The molecular formula is C11H18O3. The van der Waals surface area contributed by atoms with Crippen molar-refractivity contribution in [2.24, 2.45) is 11.3 Å². The molecule has 0 aromatic carbocycles. The van der Waals surface area contributed by atoms with Crippen molar-refractivity contribution in [3.63, 3.8) is 0 Å². The summed E-state index contributed by atoms with van der Waals surface area (Å²) >= 11 is 0. The van der Waals surface area contributed by atoms with Crippen LogP contribution in [0.2, 0.25) is 0 Å². The minimum atomic E-state index is -1.06. The molecule has 0 spiro atoms. The number of hydrogen-bond acceptors (Lipinski definition) is 3. The van der Waals surface area contributed by atoms with Crippen molar-refractivity contribution in [3.8, 4) is 0 Å². The molecule has 1 aliphatic heterocycles. The highest BCUT2D eigenvalue weighted by Gasteiger charge is 2.77. The summed E-state index contributed by atoms with van der Waals surface area (Å²) < 4.78 is 5.65. The second-order valence-electron chi connectivity index (χ2n) is 5.23. The topological polar surface area (TPSA) is 46.5 Å². The lowest BCUT2D eigenvalue weighted by Crippen LogP contribution is -2.50. The van der Waals surface area contributed by atoms with E-state index in [9.17, 15) is 9.90 Å². The Morgan fingerprint density at radius 1 is 1.29 bits per heavy atom. The molecule has 1 aliphatic carbocycles. The second-order valence-corrected chi connectivity index (χ2v) is 5.23. The van der Waals surface area contributed by atoms with Gasteiger partial charge in [-0.3, -0.25) is 4.79 Å². The van der Waals surface area contributed by atoms with E-state index in [0.29, 0.717) is 0 Å². The van der Waals surface area contributed by atoms with Gasteiger partial charge in [-0.15, -0.1) is 0 Å².